The van der Waals surface area contributed by atoms with E-state index in [1.165, 1.54) is 11.3 Å². The van der Waals surface area contributed by atoms with Gasteiger partial charge in [-0.1, -0.05) is 32.9 Å². The standard InChI is InChI=1S/C28H40N4O6S2/c1-7-40(35,36)21-10-8-19(9-11-21)14-29-25(33)26-30-23-22(39-26)17-32(24(23)18(2)3)16-20-15-31(12-13-37-20)27(34)38-28(4,5)6/h8-11,18,20,24H,7,12-17H2,1-6H3,(H,29,33)/t20?,24-/m0/s1. The lowest BCUT2D eigenvalue weighted by molar-refractivity contribution is -0.0578. The molecule has 3 heterocycles. The van der Waals surface area contributed by atoms with Gasteiger partial charge in [-0.2, -0.15) is 0 Å². The second-order valence-corrected chi connectivity index (χ2v) is 15.0. The molecule has 0 aliphatic carbocycles. The molecule has 2 aliphatic rings. The topological polar surface area (TPSA) is 118 Å². The van der Waals surface area contributed by atoms with Gasteiger partial charge in [0.05, 0.1) is 41.6 Å². The van der Waals surface area contributed by atoms with E-state index in [1.807, 2.05) is 20.8 Å². The summed E-state index contributed by atoms with van der Waals surface area (Å²) in [5, 5.41) is 3.33. The second-order valence-electron chi connectivity index (χ2n) is 11.6. The molecule has 220 valence electrons. The van der Waals surface area contributed by atoms with Gasteiger partial charge >= 0.3 is 6.09 Å². The van der Waals surface area contributed by atoms with Gasteiger partial charge < -0.3 is 19.7 Å². The number of sulfone groups is 1. The number of thiazole rings is 1. The predicted octanol–water partition coefficient (Wildman–Crippen LogP) is 4.02. The summed E-state index contributed by atoms with van der Waals surface area (Å²) < 4.78 is 35.6. The summed E-state index contributed by atoms with van der Waals surface area (Å²) in [6.07, 6.45) is -0.459. The fourth-order valence-corrected chi connectivity index (χ4v) is 6.93. The number of hydrogen-bond acceptors (Lipinski definition) is 9. The highest BCUT2D eigenvalue weighted by Gasteiger charge is 2.39. The number of aromatic nitrogens is 1. The van der Waals surface area contributed by atoms with Crippen molar-refractivity contribution in [3.05, 3.63) is 45.4 Å². The van der Waals surface area contributed by atoms with E-state index in [9.17, 15) is 18.0 Å². The van der Waals surface area contributed by atoms with Crippen LogP contribution in [0.3, 0.4) is 0 Å². The minimum absolute atomic E-state index is 0.0429. The molecule has 0 spiro atoms. The number of nitrogens with one attached hydrogen (secondary N) is 1. The Balaban J connectivity index is 1.36. The average Bonchev–Trinajstić information content (AvgIpc) is 3.44. The number of amides is 2. The zero-order chi connectivity index (χ0) is 29.2. The van der Waals surface area contributed by atoms with Crippen molar-refractivity contribution in [2.24, 2.45) is 5.92 Å². The van der Waals surface area contributed by atoms with Crippen molar-refractivity contribution in [1.82, 2.24) is 20.1 Å². The predicted molar refractivity (Wildman–Crippen MR) is 153 cm³/mol. The Morgan fingerprint density at radius 2 is 1.93 bits per heavy atom. The largest absolute Gasteiger partial charge is 0.444 e. The van der Waals surface area contributed by atoms with E-state index in [0.717, 1.165) is 16.1 Å². The number of fused-ring (bicyclic) bond motifs is 1. The molecule has 0 radical (unpaired) electrons. The lowest BCUT2D eigenvalue weighted by Crippen LogP contribution is -2.50. The summed E-state index contributed by atoms with van der Waals surface area (Å²) in [5.41, 5.74) is 1.19. The average molecular weight is 593 g/mol. The molecule has 2 aromatic rings. The van der Waals surface area contributed by atoms with Crippen LogP contribution in [0.2, 0.25) is 0 Å². The molecule has 1 saturated heterocycles. The lowest BCUT2D eigenvalue weighted by Gasteiger charge is -2.37. The van der Waals surface area contributed by atoms with Crippen LogP contribution in [-0.2, 0) is 32.4 Å². The van der Waals surface area contributed by atoms with Gasteiger partial charge in [-0.25, -0.2) is 18.2 Å². The minimum Gasteiger partial charge on any atom is -0.444 e. The van der Waals surface area contributed by atoms with E-state index in [-0.39, 0.29) is 47.3 Å². The molecule has 1 aromatic heterocycles. The molecular formula is C28H40N4O6S2. The third-order valence-corrected chi connectivity index (χ3v) is 9.72. The number of benzene rings is 1. The van der Waals surface area contributed by atoms with E-state index in [2.05, 4.69) is 24.1 Å². The molecule has 2 aliphatic heterocycles. The number of ether oxygens (including phenoxy) is 2. The van der Waals surface area contributed by atoms with Crippen LogP contribution in [-0.4, -0.2) is 78.9 Å². The highest BCUT2D eigenvalue weighted by molar-refractivity contribution is 7.91. The van der Waals surface area contributed by atoms with Gasteiger partial charge in [0.25, 0.3) is 5.91 Å². The molecule has 1 N–H and O–H groups in total. The molecule has 40 heavy (non-hydrogen) atoms. The van der Waals surface area contributed by atoms with Gasteiger partial charge in [0.2, 0.25) is 0 Å². The van der Waals surface area contributed by atoms with Gasteiger partial charge in [0.15, 0.2) is 14.8 Å². The molecule has 2 amide bonds. The van der Waals surface area contributed by atoms with Crippen LogP contribution >= 0.6 is 11.3 Å². The first kappa shape index (κ1) is 30.4. The molecule has 1 fully saturated rings. The second kappa shape index (κ2) is 12.1. The Hall–Kier alpha value is -2.54. The van der Waals surface area contributed by atoms with Crippen LogP contribution in [0.25, 0.3) is 0 Å². The number of carbonyl (C=O) groups is 2. The molecular weight excluding hydrogens is 552 g/mol. The third kappa shape index (κ3) is 7.20. The fraction of sp³-hybridized carbons (Fsp3) is 0.607. The molecule has 0 saturated carbocycles. The Labute approximate surface area is 241 Å². The van der Waals surface area contributed by atoms with Crippen LogP contribution in [0.5, 0.6) is 0 Å². The number of hydrogen-bond donors (Lipinski definition) is 1. The number of morpholine rings is 1. The molecule has 2 atom stereocenters. The molecule has 4 rings (SSSR count). The van der Waals surface area contributed by atoms with Crippen LogP contribution in [0.1, 0.15) is 73.5 Å². The first-order valence-electron chi connectivity index (χ1n) is 13.7. The summed E-state index contributed by atoms with van der Waals surface area (Å²) in [5.74, 6) is 0.0650. The van der Waals surface area contributed by atoms with Crippen molar-refractivity contribution >= 4 is 33.2 Å². The van der Waals surface area contributed by atoms with Crippen LogP contribution in [0.4, 0.5) is 4.79 Å². The molecule has 0 bridgehead atoms. The van der Waals surface area contributed by atoms with Crippen molar-refractivity contribution in [2.75, 3.05) is 32.0 Å². The van der Waals surface area contributed by atoms with Gasteiger partial charge in [0, 0.05) is 31.1 Å². The van der Waals surface area contributed by atoms with Gasteiger partial charge in [0.1, 0.15) is 5.60 Å². The van der Waals surface area contributed by atoms with E-state index < -0.39 is 15.4 Å². The molecule has 1 aromatic carbocycles. The van der Waals surface area contributed by atoms with Crippen LogP contribution < -0.4 is 5.32 Å². The number of nitrogens with zero attached hydrogens (tertiary/aromatic N) is 3. The van der Waals surface area contributed by atoms with Crippen molar-refractivity contribution < 1.29 is 27.5 Å². The van der Waals surface area contributed by atoms with E-state index >= 15 is 0 Å². The summed E-state index contributed by atoms with van der Waals surface area (Å²) in [4.78, 5) is 35.7. The maximum atomic E-state index is 12.9. The maximum absolute atomic E-state index is 12.9. The number of carbonyl (C=O) groups excluding carboxylic acids is 2. The van der Waals surface area contributed by atoms with Crippen molar-refractivity contribution in [2.45, 2.75) is 77.3 Å². The summed E-state index contributed by atoms with van der Waals surface area (Å²) >= 11 is 1.40. The SMILES string of the molecule is CCS(=O)(=O)c1ccc(CNC(=O)c2nc3c(s2)CN(CC2CN(C(=O)OC(C)(C)C)CCO2)[C@H]3C(C)C)cc1. The summed E-state index contributed by atoms with van der Waals surface area (Å²) in [7, 11) is -3.26. The zero-order valence-electron chi connectivity index (χ0n) is 24.1. The van der Waals surface area contributed by atoms with Crippen LogP contribution in [0, 0.1) is 5.92 Å². The Morgan fingerprint density at radius 1 is 1.23 bits per heavy atom. The highest BCUT2D eigenvalue weighted by atomic mass is 32.2. The van der Waals surface area contributed by atoms with Gasteiger partial charge in [-0.05, 0) is 44.4 Å². The monoisotopic (exact) mass is 592 g/mol. The van der Waals surface area contributed by atoms with Crippen LogP contribution in [0.15, 0.2) is 29.2 Å². The maximum Gasteiger partial charge on any atom is 0.410 e. The third-order valence-electron chi connectivity index (χ3n) is 6.92. The van der Waals surface area contributed by atoms with Gasteiger partial charge in [-0.15, -0.1) is 11.3 Å². The Bertz CT molecular complexity index is 1320. The molecule has 1 unspecified atom stereocenters. The molecule has 12 heteroatoms. The normalized spacial score (nSPS) is 20.0. The quantitative estimate of drug-likeness (QED) is 0.489. The fourth-order valence-electron chi connectivity index (χ4n) is 5.00. The lowest BCUT2D eigenvalue weighted by atomic mass is 10.0. The van der Waals surface area contributed by atoms with Crippen molar-refractivity contribution in [1.29, 1.82) is 0 Å². The van der Waals surface area contributed by atoms with Crippen molar-refractivity contribution in [3.63, 3.8) is 0 Å². The smallest absolute Gasteiger partial charge is 0.410 e. The van der Waals surface area contributed by atoms with E-state index in [4.69, 9.17) is 14.5 Å². The van der Waals surface area contributed by atoms with E-state index in [1.54, 1.807) is 36.1 Å². The van der Waals surface area contributed by atoms with E-state index in [0.29, 0.717) is 37.8 Å². The first-order chi connectivity index (χ1) is 18.8. The number of rotatable bonds is 8. The Morgan fingerprint density at radius 3 is 2.55 bits per heavy atom. The zero-order valence-corrected chi connectivity index (χ0v) is 25.7. The van der Waals surface area contributed by atoms with Crippen molar-refractivity contribution in [3.8, 4) is 0 Å². The summed E-state index contributed by atoms with van der Waals surface area (Å²) in [6, 6.07) is 6.62. The van der Waals surface area contributed by atoms with Gasteiger partial charge in [-0.3, -0.25) is 9.69 Å². The Kier molecular flexibility index (Phi) is 9.23. The highest BCUT2D eigenvalue weighted by Crippen LogP contribution is 2.41. The summed E-state index contributed by atoms with van der Waals surface area (Å²) in [6.45, 7) is 14.5. The minimum atomic E-state index is -3.26. The first-order valence-corrected chi connectivity index (χ1v) is 16.2. The molecule has 10 nitrogen and oxygen atoms in total.